The molecule has 3 nitrogen and oxygen atoms in total. The van der Waals surface area contributed by atoms with Gasteiger partial charge in [-0.2, -0.15) is 0 Å². The molecule has 0 aromatic heterocycles. The second-order valence-electron chi connectivity index (χ2n) is 4.29. The third-order valence-electron chi connectivity index (χ3n) is 2.33. The minimum Gasteiger partial charge on any atom is -0.341 e. The Morgan fingerprint density at radius 2 is 1.59 bits per heavy atom. The van der Waals surface area contributed by atoms with Crippen LogP contribution in [0, 0.1) is 0 Å². The van der Waals surface area contributed by atoms with Crippen LogP contribution in [0.2, 0.25) is 10.0 Å². The van der Waals surface area contributed by atoms with Gasteiger partial charge in [0.05, 0.1) is 5.54 Å². The van der Waals surface area contributed by atoms with Crippen molar-refractivity contribution in [1.29, 1.82) is 0 Å². The molecule has 5 heteroatoms. The molecule has 0 saturated carbocycles. The van der Waals surface area contributed by atoms with Crippen molar-refractivity contribution in [2.75, 3.05) is 0 Å². The number of hydrogen-bond donors (Lipinski definition) is 1. The van der Waals surface area contributed by atoms with E-state index < -0.39 is 17.2 Å². The quantitative estimate of drug-likeness (QED) is 0.861. The van der Waals surface area contributed by atoms with Gasteiger partial charge in [0.2, 0.25) is 5.78 Å². The molecule has 1 N–H and O–H groups in total. The van der Waals surface area contributed by atoms with E-state index in [0.29, 0.717) is 10.0 Å². The number of ketones is 1. The van der Waals surface area contributed by atoms with Crippen LogP contribution in [0.25, 0.3) is 0 Å². The molecule has 0 bridgehead atoms. The smallest absolute Gasteiger partial charge is 0.287 e. The summed E-state index contributed by atoms with van der Waals surface area (Å²) in [5.41, 5.74) is 0.0294. The van der Waals surface area contributed by atoms with Gasteiger partial charge in [0, 0.05) is 17.0 Å². The highest BCUT2D eigenvalue weighted by molar-refractivity contribution is 6.35. The van der Waals surface area contributed by atoms with Gasteiger partial charge >= 0.3 is 0 Å². The lowest BCUT2D eigenvalue weighted by Crippen LogP contribution is -2.43. The Balaban J connectivity index is 3.04. The van der Waals surface area contributed by atoms with Crippen molar-refractivity contribution in [3.63, 3.8) is 0 Å². The first-order valence-corrected chi connectivity index (χ1v) is 5.77. The molecule has 0 aliphatic rings. The molecule has 0 spiro atoms. The molecular weight excluding hydrogens is 261 g/mol. The van der Waals surface area contributed by atoms with Gasteiger partial charge in [0.25, 0.3) is 5.91 Å². The van der Waals surface area contributed by atoms with E-state index in [0.717, 1.165) is 5.56 Å². The first-order chi connectivity index (χ1) is 7.72. The summed E-state index contributed by atoms with van der Waals surface area (Å²) in [6.45, 7) is 4.77. The van der Waals surface area contributed by atoms with Crippen molar-refractivity contribution < 1.29 is 9.59 Å². The minimum absolute atomic E-state index is 0.484. The zero-order valence-corrected chi connectivity index (χ0v) is 11.3. The summed E-state index contributed by atoms with van der Waals surface area (Å²) < 4.78 is 0. The number of nitrogens with one attached hydrogen (secondary N) is 1. The third kappa shape index (κ3) is 3.72. The monoisotopic (exact) mass is 273 g/mol. The maximum Gasteiger partial charge on any atom is 0.287 e. The van der Waals surface area contributed by atoms with Crippen LogP contribution in [-0.2, 0) is 15.1 Å². The van der Waals surface area contributed by atoms with Gasteiger partial charge in [-0.1, -0.05) is 23.2 Å². The van der Waals surface area contributed by atoms with Crippen LogP contribution in [0.3, 0.4) is 0 Å². The van der Waals surface area contributed by atoms with Crippen LogP contribution in [0.4, 0.5) is 0 Å². The van der Waals surface area contributed by atoms with E-state index in [1.54, 1.807) is 32.0 Å². The van der Waals surface area contributed by atoms with Crippen molar-refractivity contribution in [3.05, 3.63) is 33.8 Å². The van der Waals surface area contributed by atoms with Crippen molar-refractivity contribution in [3.8, 4) is 0 Å². The topological polar surface area (TPSA) is 46.2 Å². The van der Waals surface area contributed by atoms with Crippen LogP contribution < -0.4 is 5.32 Å². The van der Waals surface area contributed by atoms with Gasteiger partial charge in [0.1, 0.15) is 0 Å². The zero-order chi connectivity index (χ0) is 13.2. The summed E-state index contributed by atoms with van der Waals surface area (Å²) >= 11 is 11.8. The SMILES string of the molecule is CC(=O)C(=O)NC(C)(C)c1cc(Cl)cc(Cl)c1. The van der Waals surface area contributed by atoms with Crippen LogP contribution in [0.15, 0.2) is 18.2 Å². The lowest BCUT2D eigenvalue weighted by Gasteiger charge is -2.26. The van der Waals surface area contributed by atoms with Gasteiger partial charge in [-0.15, -0.1) is 0 Å². The van der Waals surface area contributed by atoms with E-state index in [2.05, 4.69) is 5.32 Å². The predicted octanol–water partition coefficient (Wildman–Crippen LogP) is 2.93. The predicted molar refractivity (Wildman–Crippen MR) is 68.3 cm³/mol. The normalized spacial score (nSPS) is 11.1. The van der Waals surface area contributed by atoms with Crippen LogP contribution in [0.1, 0.15) is 26.3 Å². The summed E-state index contributed by atoms with van der Waals surface area (Å²) in [6.07, 6.45) is 0. The van der Waals surface area contributed by atoms with Crippen molar-refractivity contribution in [2.45, 2.75) is 26.3 Å². The maximum absolute atomic E-state index is 11.4. The molecule has 1 aromatic rings. The van der Waals surface area contributed by atoms with E-state index in [9.17, 15) is 9.59 Å². The number of carbonyl (C=O) groups excluding carboxylic acids is 2. The molecule has 0 fully saturated rings. The molecule has 0 aliphatic heterocycles. The van der Waals surface area contributed by atoms with Crippen LogP contribution in [0.5, 0.6) is 0 Å². The molecule has 0 unspecified atom stereocenters. The van der Waals surface area contributed by atoms with E-state index in [4.69, 9.17) is 23.2 Å². The van der Waals surface area contributed by atoms with Crippen LogP contribution >= 0.6 is 23.2 Å². The standard InChI is InChI=1S/C12H13Cl2NO2/c1-7(16)11(17)15-12(2,3)8-4-9(13)6-10(14)5-8/h4-6H,1-3H3,(H,15,17). The lowest BCUT2D eigenvalue weighted by molar-refractivity contribution is -0.137. The number of amides is 1. The molecule has 0 radical (unpaired) electrons. The largest absolute Gasteiger partial charge is 0.341 e. The Morgan fingerprint density at radius 1 is 1.12 bits per heavy atom. The second kappa shape index (κ2) is 5.07. The van der Waals surface area contributed by atoms with Crippen molar-refractivity contribution in [1.82, 2.24) is 5.32 Å². The van der Waals surface area contributed by atoms with Crippen molar-refractivity contribution in [2.24, 2.45) is 0 Å². The molecule has 92 valence electrons. The van der Waals surface area contributed by atoms with Gasteiger partial charge in [-0.25, -0.2) is 0 Å². The average molecular weight is 274 g/mol. The Kier molecular flexibility index (Phi) is 4.17. The van der Waals surface area contributed by atoms with Crippen molar-refractivity contribution >= 4 is 34.9 Å². The number of hydrogen-bond acceptors (Lipinski definition) is 2. The molecule has 0 atom stereocenters. The zero-order valence-electron chi connectivity index (χ0n) is 9.80. The Hall–Kier alpha value is -1.06. The summed E-state index contributed by atoms with van der Waals surface area (Å²) in [4.78, 5) is 22.3. The minimum atomic E-state index is -0.711. The fourth-order valence-electron chi connectivity index (χ4n) is 1.36. The Morgan fingerprint density at radius 3 is 2.00 bits per heavy atom. The summed E-state index contributed by atoms with van der Waals surface area (Å²) in [5.74, 6) is -1.17. The first kappa shape index (κ1) is 14.0. The molecule has 0 aliphatic carbocycles. The highest BCUT2D eigenvalue weighted by atomic mass is 35.5. The third-order valence-corrected chi connectivity index (χ3v) is 2.77. The molecule has 1 aromatic carbocycles. The Labute approximate surface area is 110 Å². The summed E-state index contributed by atoms with van der Waals surface area (Å²) in [7, 11) is 0. The van der Waals surface area contributed by atoms with E-state index in [1.807, 2.05) is 0 Å². The fraction of sp³-hybridized carbons (Fsp3) is 0.333. The fourth-order valence-corrected chi connectivity index (χ4v) is 1.88. The number of rotatable bonds is 3. The molecule has 1 amide bonds. The average Bonchev–Trinajstić information content (AvgIpc) is 2.15. The molecule has 17 heavy (non-hydrogen) atoms. The van der Waals surface area contributed by atoms with Gasteiger partial charge in [0.15, 0.2) is 0 Å². The highest BCUT2D eigenvalue weighted by Gasteiger charge is 2.25. The maximum atomic E-state index is 11.4. The Bertz CT molecular complexity index is 449. The highest BCUT2D eigenvalue weighted by Crippen LogP contribution is 2.27. The second-order valence-corrected chi connectivity index (χ2v) is 5.17. The number of benzene rings is 1. The van der Waals surface area contributed by atoms with Gasteiger partial charge in [-0.3, -0.25) is 9.59 Å². The van der Waals surface area contributed by atoms with Gasteiger partial charge < -0.3 is 5.32 Å². The van der Waals surface area contributed by atoms with E-state index in [1.165, 1.54) is 6.92 Å². The molecule has 1 rings (SSSR count). The van der Waals surface area contributed by atoms with Crippen LogP contribution in [-0.4, -0.2) is 11.7 Å². The number of halogens is 2. The molecule has 0 saturated heterocycles. The van der Waals surface area contributed by atoms with E-state index in [-0.39, 0.29) is 0 Å². The summed E-state index contributed by atoms with van der Waals surface area (Å²) in [6, 6.07) is 5.01. The van der Waals surface area contributed by atoms with Gasteiger partial charge in [-0.05, 0) is 37.6 Å². The molecule has 0 heterocycles. The first-order valence-electron chi connectivity index (χ1n) is 5.02. The number of carbonyl (C=O) groups is 2. The lowest BCUT2D eigenvalue weighted by atomic mass is 9.94. The molecular formula is C12H13Cl2NO2. The van der Waals surface area contributed by atoms with E-state index >= 15 is 0 Å². The number of Topliss-reactive ketones (excluding diaryl/α,β-unsaturated/α-hetero) is 1. The summed E-state index contributed by atoms with van der Waals surface area (Å²) in [5, 5.41) is 3.59.